The fourth-order valence-corrected chi connectivity index (χ4v) is 3.20. The lowest BCUT2D eigenvalue weighted by Crippen LogP contribution is -2.40. The van der Waals surface area contributed by atoms with Crippen molar-refractivity contribution in [1.29, 1.82) is 5.26 Å². The summed E-state index contributed by atoms with van der Waals surface area (Å²) in [6.45, 7) is 7.71. The molecule has 1 heterocycles. The molecule has 1 aromatic rings. The maximum atomic E-state index is 12.6. The van der Waals surface area contributed by atoms with Crippen molar-refractivity contribution in [3.8, 4) is 6.07 Å². The third kappa shape index (κ3) is 3.48. The number of fused-ring (bicyclic) bond motifs is 1. The molecule has 1 amide bonds. The fourth-order valence-electron chi connectivity index (χ4n) is 2.74. The zero-order chi connectivity index (χ0) is 18.1. The summed E-state index contributed by atoms with van der Waals surface area (Å²) < 4.78 is 6.20. The SMILES string of the molecule is CC(C)(C)OC(=O)N1C[C@@](C)(CN=[N+]=[N-])c2cc(Br)cc(C#N)c21. The molecule has 1 aromatic carbocycles. The van der Waals surface area contributed by atoms with Gasteiger partial charge in [-0.2, -0.15) is 5.26 Å². The molecule has 2 rings (SSSR count). The predicted octanol–water partition coefficient (Wildman–Crippen LogP) is 4.64. The predicted molar refractivity (Wildman–Crippen MR) is 93.8 cm³/mol. The summed E-state index contributed by atoms with van der Waals surface area (Å²) in [4.78, 5) is 16.9. The van der Waals surface area contributed by atoms with Crippen molar-refractivity contribution in [3.63, 3.8) is 0 Å². The molecule has 7 nitrogen and oxygen atoms in total. The summed E-state index contributed by atoms with van der Waals surface area (Å²) in [6, 6.07) is 5.64. The van der Waals surface area contributed by atoms with Crippen LogP contribution in [0.4, 0.5) is 10.5 Å². The molecule has 0 saturated heterocycles. The van der Waals surface area contributed by atoms with E-state index in [0.717, 1.165) is 10.0 Å². The number of ether oxygens (including phenoxy) is 1. The second-order valence-corrected chi connectivity index (χ2v) is 7.89. The van der Waals surface area contributed by atoms with Crippen LogP contribution in [0.1, 0.15) is 38.8 Å². The molecular formula is C16H18BrN5O2. The maximum Gasteiger partial charge on any atom is 0.414 e. The number of amides is 1. The Hall–Kier alpha value is -2.23. The normalized spacial score (nSPS) is 19.2. The Morgan fingerprint density at radius 3 is 2.79 bits per heavy atom. The number of nitriles is 1. The topological polar surface area (TPSA) is 102 Å². The number of benzene rings is 1. The van der Waals surface area contributed by atoms with Crippen molar-refractivity contribution in [3.05, 3.63) is 38.2 Å². The van der Waals surface area contributed by atoms with Crippen molar-refractivity contribution in [1.82, 2.24) is 0 Å². The zero-order valence-electron chi connectivity index (χ0n) is 14.0. The van der Waals surface area contributed by atoms with E-state index in [1.165, 1.54) is 4.90 Å². The van der Waals surface area contributed by atoms with E-state index in [-0.39, 0.29) is 13.1 Å². The first-order chi connectivity index (χ1) is 11.1. The first kappa shape index (κ1) is 18.1. The molecule has 1 atom stereocenters. The van der Waals surface area contributed by atoms with E-state index < -0.39 is 17.1 Å². The van der Waals surface area contributed by atoms with Crippen LogP contribution in [-0.4, -0.2) is 24.8 Å². The molecule has 0 saturated carbocycles. The third-order valence-electron chi connectivity index (χ3n) is 3.72. The summed E-state index contributed by atoms with van der Waals surface area (Å²) in [7, 11) is 0. The minimum absolute atomic E-state index is 0.178. The van der Waals surface area contributed by atoms with Crippen molar-refractivity contribution in [2.45, 2.75) is 38.7 Å². The average Bonchev–Trinajstić information content (AvgIpc) is 2.77. The Morgan fingerprint density at radius 2 is 2.25 bits per heavy atom. The van der Waals surface area contributed by atoms with Crippen LogP contribution in [0, 0.1) is 11.3 Å². The minimum Gasteiger partial charge on any atom is -0.443 e. The molecular weight excluding hydrogens is 374 g/mol. The van der Waals surface area contributed by atoms with Gasteiger partial charge in [0.2, 0.25) is 0 Å². The highest BCUT2D eigenvalue weighted by Gasteiger charge is 2.44. The third-order valence-corrected chi connectivity index (χ3v) is 4.18. The molecule has 0 aliphatic carbocycles. The summed E-state index contributed by atoms with van der Waals surface area (Å²) in [5, 5.41) is 13.2. The van der Waals surface area contributed by atoms with Gasteiger partial charge in [0.15, 0.2) is 0 Å². The Morgan fingerprint density at radius 1 is 1.58 bits per heavy atom. The van der Waals surface area contributed by atoms with Crippen LogP contribution >= 0.6 is 15.9 Å². The summed E-state index contributed by atoms with van der Waals surface area (Å²) >= 11 is 3.39. The van der Waals surface area contributed by atoms with Crippen LogP contribution in [0.5, 0.6) is 0 Å². The van der Waals surface area contributed by atoms with Gasteiger partial charge in [-0.25, -0.2) is 4.79 Å². The quantitative estimate of drug-likeness (QED) is 0.416. The van der Waals surface area contributed by atoms with E-state index in [9.17, 15) is 10.1 Å². The number of halogens is 1. The molecule has 0 unspecified atom stereocenters. The highest BCUT2D eigenvalue weighted by Crippen LogP contribution is 2.45. The molecule has 0 fully saturated rings. The van der Waals surface area contributed by atoms with E-state index in [4.69, 9.17) is 10.3 Å². The van der Waals surface area contributed by atoms with Gasteiger partial charge in [-0.1, -0.05) is 28.0 Å². The molecule has 0 bridgehead atoms. The molecule has 1 aliphatic heterocycles. The smallest absolute Gasteiger partial charge is 0.414 e. The van der Waals surface area contributed by atoms with E-state index in [2.05, 4.69) is 32.0 Å². The van der Waals surface area contributed by atoms with Crippen LogP contribution in [-0.2, 0) is 10.2 Å². The number of azide groups is 1. The van der Waals surface area contributed by atoms with Gasteiger partial charge in [0.1, 0.15) is 11.7 Å². The molecule has 1 aliphatic rings. The van der Waals surface area contributed by atoms with Gasteiger partial charge < -0.3 is 4.74 Å². The highest BCUT2D eigenvalue weighted by atomic mass is 79.9. The standard InChI is InChI=1S/C16H18BrN5O2/c1-15(2,3)24-14(23)22-9-16(4,8-20-21-19)12-6-11(17)5-10(7-18)13(12)22/h5-6H,8-9H2,1-4H3/t16-/m1/s1. The number of carbonyl (C=O) groups is 1. The van der Waals surface area contributed by atoms with Gasteiger partial charge in [-0.05, 0) is 44.0 Å². The van der Waals surface area contributed by atoms with Crippen LogP contribution in [0.2, 0.25) is 0 Å². The van der Waals surface area contributed by atoms with E-state index in [1.54, 1.807) is 26.8 Å². The fraction of sp³-hybridized carbons (Fsp3) is 0.500. The lowest BCUT2D eigenvalue weighted by molar-refractivity contribution is 0.0579. The second kappa shape index (κ2) is 6.34. The molecule has 0 spiro atoms. The van der Waals surface area contributed by atoms with Crippen LogP contribution in [0.3, 0.4) is 0 Å². The van der Waals surface area contributed by atoms with Crippen LogP contribution in [0.15, 0.2) is 21.7 Å². The summed E-state index contributed by atoms with van der Waals surface area (Å²) in [5.41, 5.74) is 9.10. The number of hydrogen-bond donors (Lipinski definition) is 0. The Balaban J connectivity index is 2.58. The summed E-state index contributed by atoms with van der Waals surface area (Å²) in [6.07, 6.45) is -0.521. The van der Waals surface area contributed by atoms with Gasteiger partial charge in [0, 0.05) is 27.9 Å². The van der Waals surface area contributed by atoms with Gasteiger partial charge in [0.25, 0.3) is 0 Å². The summed E-state index contributed by atoms with van der Waals surface area (Å²) in [5.74, 6) is 0. The Labute approximate surface area is 149 Å². The van der Waals surface area contributed by atoms with Crippen molar-refractivity contribution in [2.75, 3.05) is 18.0 Å². The number of hydrogen-bond acceptors (Lipinski definition) is 4. The van der Waals surface area contributed by atoms with E-state index >= 15 is 0 Å². The number of rotatable bonds is 2. The maximum absolute atomic E-state index is 12.6. The van der Waals surface area contributed by atoms with Gasteiger partial charge >= 0.3 is 6.09 Å². The first-order valence-corrected chi connectivity index (χ1v) is 8.16. The molecule has 0 aromatic heterocycles. The minimum atomic E-state index is -0.650. The molecule has 0 radical (unpaired) electrons. The van der Waals surface area contributed by atoms with Gasteiger partial charge in [-0.3, -0.25) is 4.90 Å². The Kier molecular flexibility index (Phi) is 4.79. The van der Waals surface area contributed by atoms with Crippen molar-refractivity contribution >= 4 is 27.7 Å². The second-order valence-electron chi connectivity index (χ2n) is 6.98. The van der Waals surface area contributed by atoms with E-state index in [1.807, 2.05) is 13.0 Å². The molecule has 24 heavy (non-hydrogen) atoms. The van der Waals surface area contributed by atoms with Crippen molar-refractivity contribution < 1.29 is 9.53 Å². The van der Waals surface area contributed by atoms with Gasteiger partial charge in [0.05, 0.1) is 11.3 Å². The lowest BCUT2D eigenvalue weighted by atomic mass is 9.84. The molecule has 0 N–H and O–H groups in total. The van der Waals surface area contributed by atoms with E-state index in [0.29, 0.717) is 11.3 Å². The highest BCUT2D eigenvalue weighted by molar-refractivity contribution is 9.10. The largest absolute Gasteiger partial charge is 0.443 e. The Bertz CT molecular complexity index is 774. The van der Waals surface area contributed by atoms with Crippen LogP contribution < -0.4 is 4.90 Å². The number of nitrogens with zero attached hydrogens (tertiary/aromatic N) is 5. The average molecular weight is 392 g/mol. The monoisotopic (exact) mass is 391 g/mol. The molecule has 8 heteroatoms. The first-order valence-electron chi connectivity index (χ1n) is 7.37. The molecule has 126 valence electrons. The lowest BCUT2D eigenvalue weighted by Gasteiger charge is -2.26. The zero-order valence-corrected chi connectivity index (χ0v) is 15.6. The number of anilines is 1. The number of carbonyl (C=O) groups excluding carboxylic acids is 1. The van der Waals surface area contributed by atoms with Crippen LogP contribution in [0.25, 0.3) is 10.4 Å². The van der Waals surface area contributed by atoms with Crippen molar-refractivity contribution in [2.24, 2.45) is 5.11 Å². The van der Waals surface area contributed by atoms with Gasteiger partial charge in [-0.15, -0.1) is 0 Å².